The summed E-state index contributed by atoms with van der Waals surface area (Å²) >= 11 is 0. The van der Waals surface area contributed by atoms with Gasteiger partial charge in [0, 0.05) is 38.9 Å². The van der Waals surface area contributed by atoms with Gasteiger partial charge in [0.2, 0.25) is 11.8 Å². The Morgan fingerprint density at radius 2 is 1.75 bits per heavy atom. The van der Waals surface area contributed by atoms with Crippen LogP contribution in [0.4, 0.5) is 0 Å². The first kappa shape index (κ1) is 20.5. The number of rotatable bonds is 2. The Morgan fingerprint density at radius 3 is 2.59 bits per heavy atom. The second kappa shape index (κ2) is 7.97. The molecule has 1 saturated heterocycles. The van der Waals surface area contributed by atoms with Crippen LogP contribution in [0, 0.1) is 0 Å². The summed E-state index contributed by atoms with van der Waals surface area (Å²) in [5.74, 6) is 0.219. The SMILES string of the molecule is C[C@@H](C(=O)N1CCc2ccccc2C1)N1CC[C@]2(CCC1=O)NC(=O)c1ccccc1O2. The zero-order valence-electron chi connectivity index (χ0n) is 18.2. The van der Waals surface area contributed by atoms with Gasteiger partial charge >= 0.3 is 0 Å². The van der Waals surface area contributed by atoms with Crippen molar-refractivity contribution in [3.63, 3.8) is 0 Å². The quantitative estimate of drug-likeness (QED) is 0.789. The van der Waals surface area contributed by atoms with Gasteiger partial charge < -0.3 is 19.9 Å². The van der Waals surface area contributed by atoms with Crippen LogP contribution in [0.3, 0.4) is 0 Å². The smallest absolute Gasteiger partial charge is 0.258 e. The van der Waals surface area contributed by atoms with Gasteiger partial charge in [-0.2, -0.15) is 0 Å². The van der Waals surface area contributed by atoms with E-state index in [1.54, 1.807) is 30.0 Å². The van der Waals surface area contributed by atoms with Crippen molar-refractivity contribution < 1.29 is 19.1 Å². The average molecular weight is 434 g/mol. The number of nitrogens with zero attached hydrogens (tertiary/aromatic N) is 2. The summed E-state index contributed by atoms with van der Waals surface area (Å²) in [6.45, 7) is 3.37. The van der Waals surface area contributed by atoms with E-state index in [0.29, 0.717) is 43.8 Å². The number of carbonyl (C=O) groups excluding carboxylic acids is 3. The van der Waals surface area contributed by atoms with Crippen LogP contribution in [0.15, 0.2) is 48.5 Å². The molecule has 0 unspecified atom stereocenters. The highest BCUT2D eigenvalue weighted by molar-refractivity contribution is 5.98. The van der Waals surface area contributed by atoms with E-state index in [1.165, 1.54) is 5.56 Å². The second-order valence-corrected chi connectivity index (χ2v) is 8.84. The molecule has 3 aliphatic rings. The minimum absolute atomic E-state index is 0.0391. The molecule has 0 radical (unpaired) electrons. The first-order valence-electron chi connectivity index (χ1n) is 11.2. The highest BCUT2D eigenvalue weighted by Gasteiger charge is 2.44. The van der Waals surface area contributed by atoms with Crippen LogP contribution < -0.4 is 10.1 Å². The molecule has 0 aromatic heterocycles. The van der Waals surface area contributed by atoms with Crippen molar-refractivity contribution in [2.45, 2.75) is 50.9 Å². The Labute approximate surface area is 187 Å². The summed E-state index contributed by atoms with van der Waals surface area (Å²) in [5.41, 5.74) is 2.02. The standard InChI is InChI=1S/C25H27N3O4/c1-17(24(31)27-14-11-18-6-2-3-7-19(18)16-27)28-15-13-25(12-10-22(28)29)26-23(30)20-8-4-5-9-21(20)32-25/h2-9,17H,10-16H2,1H3,(H,26,30)/t17-,25+/m0/s1. The van der Waals surface area contributed by atoms with Crippen molar-refractivity contribution in [3.05, 3.63) is 65.2 Å². The molecule has 166 valence electrons. The molecule has 2 aromatic rings. The maximum atomic E-state index is 13.3. The van der Waals surface area contributed by atoms with Crippen LogP contribution in [0.1, 0.15) is 47.7 Å². The predicted octanol–water partition coefficient (Wildman–Crippen LogP) is 2.49. The zero-order valence-corrected chi connectivity index (χ0v) is 18.2. The van der Waals surface area contributed by atoms with Crippen molar-refractivity contribution in [2.24, 2.45) is 0 Å². The lowest BCUT2D eigenvalue weighted by molar-refractivity contribution is -0.145. The van der Waals surface area contributed by atoms with Gasteiger partial charge in [0.15, 0.2) is 5.72 Å². The summed E-state index contributed by atoms with van der Waals surface area (Å²) < 4.78 is 6.20. The predicted molar refractivity (Wildman–Crippen MR) is 118 cm³/mol. The van der Waals surface area contributed by atoms with Gasteiger partial charge in [-0.1, -0.05) is 36.4 Å². The topological polar surface area (TPSA) is 79.0 Å². The molecule has 3 aliphatic heterocycles. The van der Waals surface area contributed by atoms with E-state index in [2.05, 4.69) is 17.4 Å². The van der Waals surface area contributed by atoms with Gasteiger partial charge in [0.1, 0.15) is 11.8 Å². The second-order valence-electron chi connectivity index (χ2n) is 8.84. The highest BCUT2D eigenvalue weighted by Crippen LogP contribution is 2.34. The molecule has 0 bridgehead atoms. The van der Waals surface area contributed by atoms with Crippen molar-refractivity contribution in [1.29, 1.82) is 0 Å². The van der Waals surface area contributed by atoms with Gasteiger partial charge in [-0.25, -0.2) is 0 Å². The third-order valence-corrected chi connectivity index (χ3v) is 6.87. The third-order valence-electron chi connectivity index (χ3n) is 6.87. The van der Waals surface area contributed by atoms with Crippen LogP contribution in [0.2, 0.25) is 0 Å². The molecule has 0 saturated carbocycles. The molecule has 5 rings (SSSR count). The molecule has 0 aliphatic carbocycles. The molecule has 7 nitrogen and oxygen atoms in total. The van der Waals surface area contributed by atoms with E-state index in [0.717, 1.165) is 12.0 Å². The number of hydrogen-bond donors (Lipinski definition) is 1. The van der Waals surface area contributed by atoms with Crippen LogP contribution in [0.25, 0.3) is 0 Å². The number of ether oxygens (including phenoxy) is 1. The van der Waals surface area contributed by atoms with E-state index in [-0.39, 0.29) is 24.1 Å². The van der Waals surface area contributed by atoms with E-state index in [9.17, 15) is 14.4 Å². The number of amides is 3. The summed E-state index contributed by atoms with van der Waals surface area (Å²) in [7, 11) is 0. The fourth-order valence-electron chi connectivity index (χ4n) is 4.97. The Kier molecular flexibility index (Phi) is 5.12. The summed E-state index contributed by atoms with van der Waals surface area (Å²) in [6.07, 6.45) is 1.84. The van der Waals surface area contributed by atoms with E-state index in [4.69, 9.17) is 4.74 Å². The number of likely N-dealkylation sites (tertiary alicyclic amines) is 1. The van der Waals surface area contributed by atoms with Crippen LogP contribution in [-0.4, -0.2) is 52.4 Å². The van der Waals surface area contributed by atoms with Gasteiger partial charge in [-0.3, -0.25) is 14.4 Å². The molecule has 7 heteroatoms. The Balaban J connectivity index is 1.30. The van der Waals surface area contributed by atoms with Crippen LogP contribution >= 0.6 is 0 Å². The summed E-state index contributed by atoms with van der Waals surface area (Å²) in [6, 6.07) is 14.7. The van der Waals surface area contributed by atoms with Crippen molar-refractivity contribution in [1.82, 2.24) is 15.1 Å². The molecule has 3 heterocycles. The fraction of sp³-hybridized carbons (Fsp3) is 0.400. The Bertz CT molecular complexity index is 1080. The highest BCUT2D eigenvalue weighted by atomic mass is 16.5. The fourth-order valence-corrected chi connectivity index (χ4v) is 4.97. The molecule has 2 atom stereocenters. The van der Waals surface area contributed by atoms with Crippen molar-refractivity contribution in [3.8, 4) is 5.75 Å². The largest absolute Gasteiger partial charge is 0.467 e. The minimum Gasteiger partial charge on any atom is -0.467 e. The first-order valence-corrected chi connectivity index (χ1v) is 11.2. The Morgan fingerprint density at radius 1 is 1.00 bits per heavy atom. The lowest BCUT2D eigenvalue weighted by Gasteiger charge is -2.39. The molecule has 3 amide bonds. The number of benzene rings is 2. The average Bonchev–Trinajstić information content (AvgIpc) is 2.96. The van der Waals surface area contributed by atoms with Crippen LogP contribution in [-0.2, 0) is 22.6 Å². The van der Waals surface area contributed by atoms with E-state index < -0.39 is 11.8 Å². The van der Waals surface area contributed by atoms with E-state index >= 15 is 0 Å². The molecule has 1 spiro atoms. The maximum Gasteiger partial charge on any atom is 0.258 e. The summed E-state index contributed by atoms with van der Waals surface area (Å²) in [4.78, 5) is 42.4. The number of hydrogen-bond acceptors (Lipinski definition) is 4. The first-order chi connectivity index (χ1) is 15.5. The van der Waals surface area contributed by atoms with Gasteiger partial charge in [-0.15, -0.1) is 0 Å². The van der Waals surface area contributed by atoms with Gasteiger partial charge in [-0.05, 0) is 36.6 Å². The number of nitrogens with one attached hydrogen (secondary N) is 1. The monoisotopic (exact) mass is 433 g/mol. The molecule has 1 fully saturated rings. The summed E-state index contributed by atoms with van der Waals surface area (Å²) in [5, 5.41) is 2.98. The number of fused-ring (bicyclic) bond motifs is 2. The van der Waals surface area contributed by atoms with Crippen LogP contribution in [0.5, 0.6) is 5.75 Å². The number of carbonyl (C=O) groups is 3. The molecule has 2 aromatic carbocycles. The normalized spacial score (nSPS) is 23.5. The molecular formula is C25H27N3O4. The minimum atomic E-state index is -0.928. The van der Waals surface area contributed by atoms with E-state index in [1.807, 2.05) is 23.1 Å². The van der Waals surface area contributed by atoms with Gasteiger partial charge in [0.25, 0.3) is 5.91 Å². The lowest BCUT2D eigenvalue weighted by atomic mass is 9.99. The molecular weight excluding hydrogens is 406 g/mol. The van der Waals surface area contributed by atoms with Crippen molar-refractivity contribution in [2.75, 3.05) is 13.1 Å². The lowest BCUT2D eigenvalue weighted by Crippen LogP contribution is -2.56. The zero-order chi connectivity index (χ0) is 22.3. The number of para-hydroxylation sites is 1. The third kappa shape index (κ3) is 3.61. The Hall–Kier alpha value is -3.35. The molecule has 1 N–H and O–H groups in total. The van der Waals surface area contributed by atoms with Gasteiger partial charge in [0.05, 0.1) is 5.56 Å². The van der Waals surface area contributed by atoms with Crippen molar-refractivity contribution >= 4 is 17.7 Å². The molecule has 32 heavy (non-hydrogen) atoms. The maximum absolute atomic E-state index is 13.3.